The summed E-state index contributed by atoms with van der Waals surface area (Å²) in [6.45, 7) is 9.62. The molecule has 1 aromatic rings. The van der Waals surface area contributed by atoms with Crippen molar-refractivity contribution >= 4 is 12.0 Å². The van der Waals surface area contributed by atoms with Gasteiger partial charge in [0, 0.05) is 37.7 Å². The zero-order valence-corrected chi connectivity index (χ0v) is 16.1. The predicted molar refractivity (Wildman–Crippen MR) is 96.9 cm³/mol. The van der Waals surface area contributed by atoms with Gasteiger partial charge in [-0.05, 0) is 33.3 Å². The average Bonchev–Trinajstić information content (AvgIpc) is 2.90. The summed E-state index contributed by atoms with van der Waals surface area (Å²) in [6, 6.07) is 1.92. The molecule has 0 unspecified atom stereocenters. The molecule has 0 bridgehead atoms. The maximum absolute atomic E-state index is 12.7. The van der Waals surface area contributed by atoms with Crippen LogP contribution < -0.4 is 0 Å². The van der Waals surface area contributed by atoms with E-state index in [2.05, 4.69) is 23.8 Å². The maximum Gasteiger partial charge on any atom is 0.410 e. The van der Waals surface area contributed by atoms with E-state index in [1.54, 1.807) is 17.9 Å². The van der Waals surface area contributed by atoms with Crippen LogP contribution in [0.4, 0.5) is 4.79 Å². The Bertz CT molecular complexity index is 678. The van der Waals surface area contributed by atoms with E-state index in [1.165, 1.54) is 0 Å². The van der Waals surface area contributed by atoms with Crippen LogP contribution in [0.3, 0.4) is 0 Å². The van der Waals surface area contributed by atoms with Gasteiger partial charge in [0.15, 0.2) is 0 Å². The second kappa shape index (κ2) is 7.21. The smallest absolute Gasteiger partial charge is 0.410 e. The number of nitrogens with zero attached hydrogens (tertiary/aromatic N) is 4. The number of aromatic nitrogens is 2. The number of aryl methyl sites for hydroxylation is 2. The first-order valence-electron chi connectivity index (χ1n) is 9.45. The fourth-order valence-corrected chi connectivity index (χ4v) is 3.93. The summed E-state index contributed by atoms with van der Waals surface area (Å²) < 4.78 is 5.77. The Morgan fingerprint density at radius 2 is 2.00 bits per heavy atom. The number of amides is 2. The Morgan fingerprint density at radius 3 is 2.62 bits per heavy atom. The molecule has 1 aromatic heterocycles. The van der Waals surface area contributed by atoms with Crippen molar-refractivity contribution in [3.63, 3.8) is 0 Å². The SMILES string of the molecule is CCC[C@H](C)N1CC2(CCN(C(=O)c3cc(C)nc(C)n3)CC2)OC1=O. The van der Waals surface area contributed by atoms with Crippen molar-refractivity contribution in [2.75, 3.05) is 19.6 Å². The maximum atomic E-state index is 12.7. The van der Waals surface area contributed by atoms with Crippen molar-refractivity contribution in [3.05, 3.63) is 23.3 Å². The van der Waals surface area contributed by atoms with Gasteiger partial charge in [-0.15, -0.1) is 0 Å². The minimum Gasteiger partial charge on any atom is -0.441 e. The van der Waals surface area contributed by atoms with Gasteiger partial charge in [-0.2, -0.15) is 0 Å². The highest BCUT2D eigenvalue weighted by Gasteiger charge is 2.48. The summed E-state index contributed by atoms with van der Waals surface area (Å²) in [5.41, 5.74) is 0.778. The topological polar surface area (TPSA) is 75.6 Å². The predicted octanol–water partition coefficient (Wildman–Crippen LogP) is 2.71. The van der Waals surface area contributed by atoms with Crippen LogP contribution >= 0.6 is 0 Å². The van der Waals surface area contributed by atoms with Crippen LogP contribution in [0, 0.1) is 13.8 Å². The fraction of sp³-hybridized carbons (Fsp3) is 0.684. The quantitative estimate of drug-likeness (QED) is 0.825. The number of hydrogen-bond donors (Lipinski definition) is 0. The highest BCUT2D eigenvalue weighted by atomic mass is 16.6. The summed E-state index contributed by atoms with van der Waals surface area (Å²) in [6.07, 6.45) is 3.14. The Hall–Kier alpha value is -2.18. The molecule has 26 heavy (non-hydrogen) atoms. The number of hydrogen-bond acceptors (Lipinski definition) is 5. The van der Waals surface area contributed by atoms with Gasteiger partial charge in [0.1, 0.15) is 17.1 Å². The second-order valence-corrected chi connectivity index (χ2v) is 7.55. The number of ether oxygens (including phenoxy) is 1. The number of carbonyl (C=O) groups is 2. The van der Waals surface area contributed by atoms with Crippen LogP contribution in [0.15, 0.2) is 6.07 Å². The molecule has 7 nitrogen and oxygen atoms in total. The van der Waals surface area contributed by atoms with Gasteiger partial charge in [-0.1, -0.05) is 13.3 Å². The molecule has 2 aliphatic heterocycles. The lowest BCUT2D eigenvalue weighted by Crippen LogP contribution is -2.49. The van der Waals surface area contributed by atoms with E-state index < -0.39 is 5.60 Å². The van der Waals surface area contributed by atoms with Crippen LogP contribution in [0.25, 0.3) is 0 Å². The molecule has 1 atom stereocenters. The zero-order valence-electron chi connectivity index (χ0n) is 16.1. The summed E-state index contributed by atoms with van der Waals surface area (Å²) in [5, 5.41) is 0. The van der Waals surface area contributed by atoms with Gasteiger partial charge in [-0.25, -0.2) is 14.8 Å². The van der Waals surface area contributed by atoms with E-state index in [0.717, 1.165) is 18.5 Å². The first-order chi connectivity index (χ1) is 12.3. The second-order valence-electron chi connectivity index (χ2n) is 7.55. The lowest BCUT2D eigenvalue weighted by molar-refractivity contribution is 0.00287. The van der Waals surface area contributed by atoms with Gasteiger partial charge in [0.05, 0.1) is 6.54 Å². The number of piperidine rings is 1. The van der Waals surface area contributed by atoms with Crippen molar-refractivity contribution in [2.45, 2.75) is 65.0 Å². The van der Waals surface area contributed by atoms with Crippen molar-refractivity contribution in [1.29, 1.82) is 0 Å². The summed E-state index contributed by atoms with van der Waals surface area (Å²) in [4.78, 5) is 37.2. The Labute approximate surface area is 154 Å². The third-order valence-electron chi connectivity index (χ3n) is 5.38. The third kappa shape index (κ3) is 3.66. The van der Waals surface area contributed by atoms with E-state index in [1.807, 2.05) is 11.8 Å². The van der Waals surface area contributed by atoms with Crippen LogP contribution in [0.5, 0.6) is 0 Å². The van der Waals surface area contributed by atoms with Crippen molar-refractivity contribution < 1.29 is 14.3 Å². The van der Waals surface area contributed by atoms with Crippen molar-refractivity contribution in [3.8, 4) is 0 Å². The molecule has 2 aliphatic rings. The fourth-order valence-electron chi connectivity index (χ4n) is 3.93. The first-order valence-corrected chi connectivity index (χ1v) is 9.45. The van der Waals surface area contributed by atoms with Gasteiger partial charge >= 0.3 is 6.09 Å². The molecular formula is C19H28N4O3. The van der Waals surface area contributed by atoms with Gasteiger partial charge in [0.2, 0.25) is 0 Å². The van der Waals surface area contributed by atoms with E-state index in [4.69, 9.17) is 4.74 Å². The molecule has 0 N–H and O–H groups in total. The lowest BCUT2D eigenvalue weighted by Gasteiger charge is -2.37. The largest absolute Gasteiger partial charge is 0.441 e. The van der Waals surface area contributed by atoms with Crippen LogP contribution in [0.2, 0.25) is 0 Å². The van der Waals surface area contributed by atoms with Gasteiger partial charge < -0.3 is 14.5 Å². The van der Waals surface area contributed by atoms with E-state index in [-0.39, 0.29) is 18.0 Å². The summed E-state index contributed by atoms with van der Waals surface area (Å²) in [7, 11) is 0. The lowest BCUT2D eigenvalue weighted by atomic mass is 9.90. The molecule has 2 amide bonds. The minimum atomic E-state index is -0.451. The monoisotopic (exact) mass is 360 g/mol. The highest BCUT2D eigenvalue weighted by Crippen LogP contribution is 2.35. The van der Waals surface area contributed by atoms with Gasteiger partial charge in [-0.3, -0.25) is 4.79 Å². The molecule has 2 saturated heterocycles. The molecule has 3 heterocycles. The number of carbonyl (C=O) groups excluding carboxylic acids is 2. The molecule has 0 aromatic carbocycles. The summed E-state index contributed by atoms with van der Waals surface area (Å²) in [5.74, 6) is 0.529. The molecule has 0 radical (unpaired) electrons. The van der Waals surface area contributed by atoms with E-state index in [0.29, 0.717) is 44.0 Å². The minimum absolute atomic E-state index is 0.0750. The Kier molecular flexibility index (Phi) is 5.16. The molecular weight excluding hydrogens is 332 g/mol. The Morgan fingerprint density at radius 1 is 1.31 bits per heavy atom. The zero-order chi connectivity index (χ0) is 18.9. The highest BCUT2D eigenvalue weighted by molar-refractivity contribution is 5.92. The molecule has 0 saturated carbocycles. The van der Waals surface area contributed by atoms with Gasteiger partial charge in [0.25, 0.3) is 5.91 Å². The standard InChI is InChI=1S/C19H28N4O3/c1-5-6-14(3)23-12-19(26-18(23)25)7-9-22(10-8-19)17(24)16-11-13(2)20-15(4)21-16/h11,14H,5-10,12H2,1-4H3/t14-/m0/s1. The molecule has 1 spiro atoms. The van der Waals surface area contributed by atoms with E-state index in [9.17, 15) is 9.59 Å². The van der Waals surface area contributed by atoms with Crippen molar-refractivity contribution in [1.82, 2.24) is 19.8 Å². The molecule has 3 rings (SSSR count). The molecule has 7 heteroatoms. The normalized spacial score (nSPS) is 20.4. The number of likely N-dealkylation sites (tertiary alicyclic amines) is 1. The average molecular weight is 360 g/mol. The van der Waals surface area contributed by atoms with Crippen LogP contribution in [-0.4, -0.2) is 63.0 Å². The summed E-state index contributed by atoms with van der Waals surface area (Å²) >= 11 is 0. The molecule has 0 aliphatic carbocycles. The van der Waals surface area contributed by atoms with Crippen molar-refractivity contribution in [2.24, 2.45) is 0 Å². The third-order valence-corrected chi connectivity index (χ3v) is 5.38. The van der Waals surface area contributed by atoms with Crippen LogP contribution in [0.1, 0.15) is 61.5 Å². The molecule has 2 fully saturated rings. The number of rotatable bonds is 4. The molecule has 142 valence electrons. The first kappa shape index (κ1) is 18.6. The Balaban J connectivity index is 1.64. The van der Waals surface area contributed by atoms with E-state index >= 15 is 0 Å². The van der Waals surface area contributed by atoms with Crippen LogP contribution in [-0.2, 0) is 4.74 Å².